The Bertz CT molecular complexity index is 448. The predicted octanol–water partition coefficient (Wildman–Crippen LogP) is 1.13. The summed E-state index contributed by atoms with van der Waals surface area (Å²) < 4.78 is 0. The van der Waals surface area contributed by atoms with Crippen molar-refractivity contribution in [2.24, 2.45) is 17.7 Å². The number of rotatable bonds is 6. The number of nitrogens with one attached hydrogen (secondary N) is 2. The molecule has 1 saturated carbocycles. The Kier molecular flexibility index (Phi) is 3.56. The maximum Gasteiger partial charge on any atom is 0.354 e. The number of nitrogens with zero attached hydrogens (tertiary/aromatic N) is 3. The van der Waals surface area contributed by atoms with Crippen molar-refractivity contribution < 1.29 is 4.92 Å². The van der Waals surface area contributed by atoms with Crippen LogP contribution in [0.3, 0.4) is 0 Å². The number of anilines is 2. The van der Waals surface area contributed by atoms with Gasteiger partial charge in [0.2, 0.25) is 11.6 Å². The number of nitrogen functional groups attached to an aromatic ring is 1. The molecule has 98 valence electrons. The molecule has 1 aromatic heterocycles. The molecule has 0 radical (unpaired) electrons. The molecule has 2 rings (SSSR count). The van der Waals surface area contributed by atoms with Crippen LogP contribution in [0, 0.1) is 22.0 Å². The molecule has 0 aliphatic heterocycles. The summed E-state index contributed by atoms with van der Waals surface area (Å²) in [7, 11) is 0. The Hall–Kier alpha value is -1.96. The second-order valence-corrected chi connectivity index (χ2v) is 4.52. The van der Waals surface area contributed by atoms with Gasteiger partial charge in [0, 0.05) is 6.54 Å². The number of aromatic nitrogens is 2. The Balaban J connectivity index is 2.12. The number of hydrazine groups is 1. The van der Waals surface area contributed by atoms with E-state index in [1.807, 2.05) is 0 Å². The Morgan fingerprint density at radius 1 is 1.56 bits per heavy atom. The first-order valence-corrected chi connectivity index (χ1v) is 5.83. The molecular formula is C10H16N6O2. The number of hydrogen-bond donors (Lipinski definition) is 3. The van der Waals surface area contributed by atoms with E-state index in [1.54, 1.807) is 0 Å². The van der Waals surface area contributed by atoms with Crippen molar-refractivity contribution in [1.29, 1.82) is 0 Å². The molecule has 0 aromatic carbocycles. The molecule has 0 bridgehead atoms. The molecule has 1 heterocycles. The lowest BCUT2D eigenvalue weighted by atomic mass is 10.1. The van der Waals surface area contributed by atoms with Gasteiger partial charge in [0.15, 0.2) is 0 Å². The van der Waals surface area contributed by atoms with Gasteiger partial charge in [0.05, 0.1) is 4.92 Å². The number of nitrogens with two attached hydrogens (primary N) is 1. The van der Waals surface area contributed by atoms with Gasteiger partial charge in [-0.3, -0.25) is 10.1 Å². The second-order valence-electron chi connectivity index (χ2n) is 4.52. The Labute approximate surface area is 104 Å². The Morgan fingerprint density at radius 2 is 2.22 bits per heavy atom. The van der Waals surface area contributed by atoms with Gasteiger partial charge in [0.25, 0.3) is 0 Å². The maximum absolute atomic E-state index is 11.0. The fourth-order valence-corrected chi connectivity index (χ4v) is 1.88. The first kappa shape index (κ1) is 12.5. The summed E-state index contributed by atoms with van der Waals surface area (Å²) in [5.41, 5.74) is 1.99. The first-order chi connectivity index (χ1) is 8.63. The SMILES string of the molecule is CC(CNc1ncnc(NN)c1[N+](=O)[O-])C1CC1. The molecule has 0 saturated heterocycles. The van der Waals surface area contributed by atoms with Crippen LogP contribution >= 0.6 is 0 Å². The van der Waals surface area contributed by atoms with Gasteiger partial charge in [-0.1, -0.05) is 6.92 Å². The van der Waals surface area contributed by atoms with Crippen molar-refractivity contribution in [3.8, 4) is 0 Å². The van der Waals surface area contributed by atoms with E-state index in [1.165, 1.54) is 19.2 Å². The highest BCUT2D eigenvalue weighted by molar-refractivity contribution is 5.68. The summed E-state index contributed by atoms with van der Waals surface area (Å²) in [5, 5.41) is 14.0. The summed E-state index contributed by atoms with van der Waals surface area (Å²) in [4.78, 5) is 18.1. The van der Waals surface area contributed by atoms with Gasteiger partial charge in [-0.15, -0.1) is 0 Å². The van der Waals surface area contributed by atoms with Crippen LogP contribution in [0.2, 0.25) is 0 Å². The van der Waals surface area contributed by atoms with Crippen LogP contribution in [-0.4, -0.2) is 21.4 Å². The topological polar surface area (TPSA) is 119 Å². The molecule has 1 aliphatic rings. The minimum Gasteiger partial charge on any atom is -0.364 e. The van der Waals surface area contributed by atoms with Crippen molar-refractivity contribution in [2.45, 2.75) is 19.8 Å². The Morgan fingerprint density at radius 3 is 2.78 bits per heavy atom. The van der Waals surface area contributed by atoms with E-state index in [-0.39, 0.29) is 17.3 Å². The molecule has 4 N–H and O–H groups in total. The monoisotopic (exact) mass is 252 g/mol. The van der Waals surface area contributed by atoms with E-state index in [2.05, 4.69) is 27.6 Å². The number of nitro groups is 1. The molecule has 1 atom stereocenters. The molecule has 1 fully saturated rings. The molecule has 0 amide bonds. The van der Waals surface area contributed by atoms with Crippen LogP contribution in [0.1, 0.15) is 19.8 Å². The summed E-state index contributed by atoms with van der Waals surface area (Å²) in [6, 6.07) is 0. The lowest BCUT2D eigenvalue weighted by molar-refractivity contribution is -0.383. The third kappa shape index (κ3) is 2.65. The van der Waals surface area contributed by atoms with E-state index in [0.717, 1.165) is 5.92 Å². The zero-order chi connectivity index (χ0) is 13.1. The van der Waals surface area contributed by atoms with Crippen molar-refractivity contribution in [3.05, 3.63) is 16.4 Å². The molecule has 1 unspecified atom stereocenters. The summed E-state index contributed by atoms with van der Waals surface area (Å²) in [6.45, 7) is 2.78. The lowest BCUT2D eigenvalue weighted by Crippen LogP contribution is -2.17. The van der Waals surface area contributed by atoms with Crippen LogP contribution in [-0.2, 0) is 0 Å². The smallest absolute Gasteiger partial charge is 0.354 e. The van der Waals surface area contributed by atoms with Gasteiger partial charge in [-0.05, 0) is 24.7 Å². The van der Waals surface area contributed by atoms with Crippen LogP contribution in [0.5, 0.6) is 0 Å². The van der Waals surface area contributed by atoms with E-state index in [9.17, 15) is 10.1 Å². The maximum atomic E-state index is 11.0. The van der Waals surface area contributed by atoms with Crippen molar-refractivity contribution >= 4 is 17.3 Å². The van der Waals surface area contributed by atoms with Crippen molar-refractivity contribution in [3.63, 3.8) is 0 Å². The zero-order valence-electron chi connectivity index (χ0n) is 10.1. The second kappa shape index (κ2) is 5.13. The minimum absolute atomic E-state index is 0.0107. The average molecular weight is 252 g/mol. The molecule has 1 aromatic rings. The quantitative estimate of drug-likeness (QED) is 0.394. The van der Waals surface area contributed by atoms with Gasteiger partial charge >= 0.3 is 5.69 Å². The molecule has 1 aliphatic carbocycles. The van der Waals surface area contributed by atoms with Gasteiger partial charge in [0.1, 0.15) is 6.33 Å². The molecule has 8 nitrogen and oxygen atoms in total. The van der Waals surface area contributed by atoms with Gasteiger partial charge in [-0.25, -0.2) is 15.8 Å². The highest BCUT2D eigenvalue weighted by Gasteiger charge is 2.29. The van der Waals surface area contributed by atoms with E-state index < -0.39 is 4.92 Å². The highest BCUT2D eigenvalue weighted by atomic mass is 16.6. The van der Waals surface area contributed by atoms with Crippen molar-refractivity contribution in [2.75, 3.05) is 17.3 Å². The third-order valence-corrected chi connectivity index (χ3v) is 3.16. The number of hydrogen-bond acceptors (Lipinski definition) is 7. The average Bonchev–Trinajstić information content (AvgIpc) is 3.19. The fraction of sp³-hybridized carbons (Fsp3) is 0.600. The van der Waals surface area contributed by atoms with Crippen LogP contribution in [0.4, 0.5) is 17.3 Å². The van der Waals surface area contributed by atoms with Crippen LogP contribution < -0.4 is 16.6 Å². The lowest BCUT2D eigenvalue weighted by Gasteiger charge is -2.12. The van der Waals surface area contributed by atoms with Crippen LogP contribution in [0.25, 0.3) is 0 Å². The standard InChI is InChI=1S/C10H16N6O2/c1-6(7-2-3-7)4-12-9-8(16(17)18)10(15-11)14-5-13-9/h5-7H,2-4,11H2,1H3,(H2,12,13,14,15). The molecule has 0 spiro atoms. The van der Waals surface area contributed by atoms with E-state index in [0.29, 0.717) is 12.5 Å². The normalized spacial score (nSPS) is 16.1. The largest absolute Gasteiger partial charge is 0.364 e. The fourth-order valence-electron chi connectivity index (χ4n) is 1.88. The summed E-state index contributed by atoms with van der Waals surface area (Å²) in [6.07, 6.45) is 3.72. The van der Waals surface area contributed by atoms with Crippen molar-refractivity contribution in [1.82, 2.24) is 9.97 Å². The third-order valence-electron chi connectivity index (χ3n) is 3.16. The van der Waals surface area contributed by atoms with Gasteiger partial charge in [-0.2, -0.15) is 0 Å². The van der Waals surface area contributed by atoms with E-state index >= 15 is 0 Å². The van der Waals surface area contributed by atoms with E-state index in [4.69, 9.17) is 5.84 Å². The first-order valence-electron chi connectivity index (χ1n) is 5.83. The molecule has 18 heavy (non-hydrogen) atoms. The highest BCUT2D eigenvalue weighted by Crippen LogP contribution is 2.37. The molecule has 8 heteroatoms. The zero-order valence-corrected chi connectivity index (χ0v) is 10.1. The van der Waals surface area contributed by atoms with Crippen LogP contribution in [0.15, 0.2) is 6.33 Å². The molecular weight excluding hydrogens is 236 g/mol. The minimum atomic E-state index is -0.542. The summed E-state index contributed by atoms with van der Waals surface area (Å²) in [5.74, 6) is 6.62. The summed E-state index contributed by atoms with van der Waals surface area (Å²) >= 11 is 0. The van der Waals surface area contributed by atoms with Gasteiger partial charge < -0.3 is 10.7 Å². The predicted molar refractivity (Wildman–Crippen MR) is 66.9 cm³/mol.